The molecular weight excluding hydrogens is 381 g/mol. The van der Waals surface area contributed by atoms with Crippen molar-refractivity contribution >= 4 is 21.5 Å². The van der Waals surface area contributed by atoms with Crippen LogP contribution in [0.3, 0.4) is 0 Å². The predicted molar refractivity (Wildman–Crippen MR) is 85.9 cm³/mol. The van der Waals surface area contributed by atoms with Crippen LogP contribution in [0, 0.1) is 0 Å². The highest BCUT2D eigenvalue weighted by molar-refractivity contribution is 7.86. The third-order valence-corrected chi connectivity index (χ3v) is 6.33. The first kappa shape index (κ1) is 19.8. The van der Waals surface area contributed by atoms with Crippen molar-refractivity contribution in [3.8, 4) is 10.7 Å². The molecule has 0 aliphatic carbocycles. The molecule has 0 aliphatic rings. The lowest BCUT2D eigenvalue weighted by molar-refractivity contribution is -0.159. The van der Waals surface area contributed by atoms with Crippen LogP contribution in [0.15, 0.2) is 16.7 Å². The zero-order chi connectivity index (χ0) is 19.0. The predicted octanol–water partition coefficient (Wildman–Crippen LogP) is 2.83. The summed E-state index contributed by atoms with van der Waals surface area (Å²) < 4.78 is 68.9. The molecule has 0 atom stereocenters. The first-order valence-electron chi connectivity index (χ1n) is 7.12. The minimum absolute atomic E-state index is 0.0901. The largest absolute Gasteiger partial charge is 0.471 e. The number of aromatic nitrogens is 2. The highest BCUT2D eigenvalue weighted by atomic mass is 32.2. The molecule has 0 N–H and O–H groups in total. The Balaban J connectivity index is 2.25. The van der Waals surface area contributed by atoms with Crippen LogP contribution >= 0.6 is 11.3 Å². The molecule has 2 heterocycles. The van der Waals surface area contributed by atoms with Crippen LogP contribution in [0.2, 0.25) is 0 Å². The number of alkyl halides is 3. The number of hydrogen-bond donors (Lipinski definition) is 0. The van der Waals surface area contributed by atoms with Gasteiger partial charge in [-0.1, -0.05) is 5.16 Å². The summed E-state index contributed by atoms with van der Waals surface area (Å²) in [4.78, 5) is 4.33. The third kappa shape index (κ3) is 4.37. The Labute approximate surface area is 147 Å². The summed E-state index contributed by atoms with van der Waals surface area (Å²) in [7, 11) is -0.766. The summed E-state index contributed by atoms with van der Waals surface area (Å²) in [5.41, 5.74) is 0. The van der Waals surface area contributed by atoms with Crippen molar-refractivity contribution in [2.24, 2.45) is 0 Å². The van der Waals surface area contributed by atoms with E-state index in [1.54, 1.807) is 19.9 Å². The maximum atomic E-state index is 12.5. The summed E-state index contributed by atoms with van der Waals surface area (Å²) in [5.74, 6) is -1.61. The number of thiophene rings is 1. The normalized spacial score (nSPS) is 13.4. The highest BCUT2D eigenvalue weighted by Crippen LogP contribution is 2.32. The van der Waals surface area contributed by atoms with Crippen LogP contribution in [-0.2, 0) is 22.9 Å². The van der Waals surface area contributed by atoms with Crippen molar-refractivity contribution in [3.05, 3.63) is 22.9 Å². The zero-order valence-corrected chi connectivity index (χ0v) is 15.5. The summed E-state index contributed by atoms with van der Waals surface area (Å²) in [6, 6.07) is 2.87. The van der Waals surface area contributed by atoms with Gasteiger partial charge < -0.3 is 4.52 Å². The Morgan fingerprint density at radius 2 is 1.92 bits per heavy atom. The van der Waals surface area contributed by atoms with Crippen LogP contribution in [0.4, 0.5) is 13.2 Å². The average Bonchev–Trinajstić information content (AvgIpc) is 3.12. The molecule has 2 aromatic heterocycles. The molecule has 0 aliphatic heterocycles. The summed E-state index contributed by atoms with van der Waals surface area (Å²) in [6.07, 6.45) is -4.71. The van der Waals surface area contributed by atoms with Crippen LogP contribution in [0.5, 0.6) is 0 Å². The maximum Gasteiger partial charge on any atom is 0.471 e. The lowest BCUT2D eigenvalue weighted by Crippen LogP contribution is -2.43. The fourth-order valence-corrected chi connectivity index (χ4v) is 4.18. The van der Waals surface area contributed by atoms with Crippen molar-refractivity contribution in [3.63, 3.8) is 0 Å². The number of nitrogens with zero attached hydrogens (tertiary/aromatic N) is 4. The van der Waals surface area contributed by atoms with E-state index in [2.05, 4.69) is 14.7 Å². The molecule has 0 saturated carbocycles. The van der Waals surface area contributed by atoms with E-state index in [1.807, 2.05) is 0 Å². The smallest absolute Gasteiger partial charge is 0.329 e. The molecule has 2 rings (SSSR count). The molecule has 0 saturated heterocycles. The topological polar surface area (TPSA) is 79.5 Å². The van der Waals surface area contributed by atoms with E-state index in [9.17, 15) is 21.6 Å². The van der Waals surface area contributed by atoms with E-state index < -0.39 is 22.3 Å². The molecule has 25 heavy (non-hydrogen) atoms. The average molecular weight is 398 g/mol. The lowest BCUT2D eigenvalue weighted by atomic mass is 10.3. The summed E-state index contributed by atoms with van der Waals surface area (Å²) >= 11 is 1.11. The number of halogens is 3. The van der Waals surface area contributed by atoms with Crippen LogP contribution < -0.4 is 0 Å². The molecule has 140 valence electrons. The molecule has 0 fully saturated rings. The first-order valence-corrected chi connectivity index (χ1v) is 9.33. The second-order valence-corrected chi connectivity index (χ2v) is 8.88. The minimum Gasteiger partial charge on any atom is -0.329 e. The van der Waals surface area contributed by atoms with E-state index in [-0.39, 0.29) is 18.4 Å². The second kappa shape index (κ2) is 7.02. The molecule has 0 spiro atoms. The molecule has 0 aromatic carbocycles. The van der Waals surface area contributed by atoms with Gasteiger partial charge in [-0.3, -0.25) is 0 Å². The number of hydrogen-bond acceptors (Lipinski definition) is 6. The van der Waals surface area contributed by atoms with Gasteiger partial charge in [-0.25, -0.2) is 0 Å². The Bertz CT molecular complexity index is 828. The standard InChI is InChI=1S/C13H17F3N4O3S2/c1-8(2)20(25(21,22)19(3)4)7-9-5-6-10(24-9)11-17-12(23-18-11)13(14,15)16/h5-6,8H,7H2,1-4H3. The SMILES string of the molecule is CC(C)N(Cc1ccc(-c2noc(C(F)(F)F)n2)s1)S(=O)(=O)N(C)C. The van der Waals surface area contributed by atoms with E-state index in [4.69, 9.17) is 0 Å². The van der Waals surface area contributed by atoms with E-state index in [0.29, 0.717) is 9.75 Å². The van der Waals surface area contributed by atoms with Gasteiger partial charge in [0, 0.05) is 31.6 Å². The molecule has 0 radical (unpaired) electrons. The summed E-state index contributed by atoms with van der Waals surface area (Å²) in [6.45, 7) is 3.57. The van der Waals surface area contributed by atoms with Gasteiger partial charge in [-0.05, 0) is 26.0 Å². The fraction of sp³-hybridized carbons (Fsp3) is 0.538. The fourth-order valence-electron chi connectivity index (χ4n) is 1.92. The Morgan fingerprint density at radius 1 is 1.28 bits per heavy atom. The van der Waals surface area contributed by atoms with Gasteiger partial charge in [0.15, 0.2) is 0 Å². The van der Waals surface area contributed by atoms with Crippen molar-refractivity contribution in [2.75, 3.05) is 14.1 Å². The van der Waals surface area contributed by atoms with Crippen LogP contribution in [0.25, 0.3) is 10.7 Å². The number of rotatable bonds is 6. The molecule has 2 aromatic rings. The molecule has 0 unspecified atom stereocenters. The Kier molecular flexibility index (Phi) is 5.56. The Morgan fingerprint density at radius 3 is 2.40 bits per heavy atom. The van der Waals surface area contributed by atoms with E-state index in [0.717, 1.165) is 15.6 Å². The van der Waals surface area contributed by atoms with Gasteiger partial charge >= 0.3 is 12.1 Å². The van der Waals surface area contributed by atoms with Crippen molar-refractivity contribution in [2.45, 2.75) is 32.6 Å². The quantitative estimate of drug-likeness (QED) is 0.748. The third-order valence-electron chi connectivity index (χ3n) is 3.20. The van der Waals surface area contributed by atoms with Crippen molar-refractivity contribution < 1.29 is 26.1 Å². The van der Waals surface area contributed by atoms with Gasteiger partial charge in [0.25, 0.3) is 10.2 Å². The second-order valence-electron chi connectivity index (χ2n) is 5.62. The summed E-state index contributed by atoms with van der Waals surface area (Å²) in [5, 5.41) is 3.32. The van der Waals surface area contributed by atoms with Gasteiger partial charge in [0.2, 0.25) is 5.82 Å². The lowest BCUT2D eigenvalue weighted by Gasteiger charge is -2.28. The Hall–Kier alpha value is -1.50. The minimum atomic E-state index is -4.71. The van der Waals surface area contributed by atoms with Crippen molar-refractivity contribution in [1.29, 1.82) is 0 Å². The molecule has 0 amide bonds. The maximum absolute atomic E-state index is 12.5. The highest BCUT2D eigenvalue weighted by Gasteiger charge is 2.38. The molecule has 0 bridgehead atoms. The van der Waals surface area contributed by atoms with E-state index >= 15 is 0 Å². The van der Waals surface area contributed by atoms with E-state index in [1.165, 1.54) is 24.5 Å². The van der Waals surface area contributed by atoms with Gasteiger partial charge in [0.05, 0.1) is 4.88 Å². The van der Waals surface area contributed by atoms with Crippen LogP contribution in [-0.4, -0.2) is 47.3 Å². The van der Waals surface area contributed by atoms with Crippen LogP contribution in [0.1, 0.15) is 24.6 Å². The van der Waals surface area contributed by atoms with Gasteiger partial charge in [-0.15, -0.1) is 11.3 Å². The van der Waals surface area contributed by atoms with Gasteiger partial charge in [-0.2, -0.15) is 35.2 Å². The molecule has 12 heteroatoms. The molecule has 7 nitrogen and oxygen atoms in total. The van der Waals surface area contributed by atoms with Crippen molar-refractivity contribution in [1.82, 2.24) is 18.8 Å². The first-order chi connectivity index (χ1) is 11.4. The van der Waals surface area contributed by atoms with Gasteiger partial charge in [0.1, 0.15) is 0 Å². The zero-order valence-electron chi connectivity index (χ0n) is 13.9. The monoisotopic (exact) mass is 398 g/mol. The molecular formula is C13H17F3N4O3S2.